The van der Waals surface area contributed by atoms with Crippen molar-refractivity contribution in [1.82, 2.24) is 4.90 Å². The smallest absolute Gasteiger partial charge is 0.410 e. The molecule has 1 aromatic carbocycles. The second-order valence-electron chi connectivity index (χ2n) is 8.30. The summed E-state index contributed by atoms with van der Waals surface area (Å²) in [6.45, 7) is 8.54. The monoisotopic (exact) mass is 381 g/mol. The fourth-order valence-electron chi connectivity index (χ4n) is 4.73. The number of aryl methyl sites for hydroxylation is 1. The predicted octanol–water partition coefficient (Wildman–Crippen LogP) is 3.46. The summed E-state index contributed by atoms with van der Waals surface area (Å²) in [5.74, 6) is 0. The van der Waals surface area contributed by atoms with Crippen LogP contribution in [-0.2, 0) is 14.6 Å². The lowest BCUT2D eigenvalue weighted by atomic mass is 9.99. The van der Waals surface area contributed by atoms with E-state index in [1.807, 2.05) is 19.1 Å². The average Bonchev–Trinajstić information content (AvgIpc) is 3.10. The first-order chi connectivity index (χ1) is 11.6. The highest BCUT2D eigenvalue weighted by Gasteiger charge is 2.63. The molecule has 3 rings (SSSR count). The van der Waals surface area contributed by atoms with Gasteiger partial charge in [0.2, 0.25) is 0 Å². The Balaban J connectivity index is 2.09. The number of methoxy groups -OCH3 is 1. The first kappa shape index (κ1) is 18.4. The molecular weight excluding hydrogens is 354 g/mol. The summed E-state index contributed by atoms with van der Waals surface area (Å²) >= 11 is 0. The fourth-order valence-corrected chi connectivity index (χ4v) is 11.3. The van der Waals surface area contributed by atoms with Gasteiger partial charge in [-0.25, -0.2) is 13.2 Å². The maximum atomic E-state index is 13.5. The van der Waals surface area contributed by atoms with Gasteiger partial charge in [0.1, 0.15) is 0 Å². The quantitative estimate of drug-likeness (QED) is 0.752. The molecule has 0 aromatic heterocycles. The standard InChI is InChI=1S/C18H27NO4SSi/c1-12-6-8-13(9-7-12)24(21,22)16-14-10-11-15(17(16)25(3,4)5)19(14)18(20)23-2/h6-9,14-17H,10-11H2,1-5H3/t14-,15+,16-,17+/m1/s1. The zero-order valence-corrected chi connectivity index (χ0v) is 17.3. The zero-order chi connectivity index (χ0) is 18.6. The SMILES string of the molecule is COC(=O)N1[C@@H]2CC[C@H]1[C@H]([Si](C)(C)C)[C@@H]2S(=O)(=O)c1ccc(C)cc1. The second-order valence-corrected chi connectivity index (χ2v) is 15.8. The molecule has 7 heteroatoms. The average molecular weight is 382 g/mol. The number of benzene rings is 1. The minimum atomic E-state index is -3.51. The largest absolute Gasteiger partial charge is 0.453 e. The van der Waals surface area contributed by atoms with Crippen molar-refractivity contribution in [3.63, 3.8) is 0 Å². The van der Waals surface area contributed by atoms with Crippen LogP contribution < -0.4 is 0 Å². The minimum absolute atomic E-state index is 0.0191. The van der Waals surface area contributed by atoms with Crippen LogP contribution in [0.3, 0.4) is 0 Å². The maximum absolute atomic E-state index is 13.5. The lowest BCUT2D eigenvalue weighted by molar-refractivity contribution is 0.117. The third-order valence-electron chi connectivity index (χ3n) is 5.71. The second kappa shape index (κ2) is 6.12. The topological polar surface area (TPSA) is 63.7 Å². The van der Waals surface area contributed by atoms with E-state index in [-0.39, 0.29) is 17.6 Å². The molecule has 0 N–H and O–H groups in total. The van der Waals surface area contributed by atoms with Crippen LogP contribution in [0, 0.1) is 6.92 Å². The molecule has 2 saturated heterocycles. The Morgan fingerprint density at radius 2 is 1.68 bits per heavy atom. The highest BCUT2D eigenvalue weighted by molar-refractivity contribution is 7.92. The first-order valence-electron chi connectivity index (χ1n) is 8.76. The molecule has 138 valence electrons. The van der Waals surface area contributed by atoms with Gasteiger partial charge in [-0.05, 0) is 37.4 Å². The third-order valence-corrected chi connectivity index (χ3v) is 11.0. The van der Waals surface area contributed by atoms with Crippen molar-refractivity contribution >= 4 is 24.0 Å². The molecular formula is C18H27NO4SSi. The summed E-state index contributed by atoms with van der Waals surface area (Å²) in [6.07, 6.45) is 1.21. The van der Waals surface area contributed by atoms with Crippen LogP contribution in [0.2, 0.25) is 25.2 Å². The number of amides is 1. The molecule has 1 aromatic rings. The molecule has 25 heavy (non-hydrogen) atoms. The van der Waals surface area contributed by atoms with E-state index in [0.29, 0.717) is 4.90 Å². The summed E-state index contributed by atoms with van der Waals surface area (Å²) in [6, 6.07) is 6.76. The van der Waals surface area contributed by atoms with Gasteiger partial charge in [-0.3, -0.25) is 0 Å². The van der Waals surface area contributed by atoms with E-state index in [1.54, 1.807) is 17.0 Å². The van der Waals surface area contributed by atoms with Gasteiger partial charge in [-0.1, -0.05) is 37.3 Å². The Kier molecular flexibility index (Phi) is 4.52. The summed E-state index contributed by atoms with van der Waals surface area (Å²) < 4.78 is 32.0. The van der Waals surface area contributed by atoms with Crippen LogP contribution in [0.1, 0.15) is 18.4 Å². The summed E-state index contributed by atoms with van der Waals surface area (Å²) in [5.41, 5.74) is 1.06. The number of ether oxygens (including phenoxy) is 1. The van der Waals surface area contributed by atoms with Gasteiger partial charge in [0, 0.05) is 6.04 Å². The molecule has 4 atom stereocenters. The number of hydrogen-bond donors (Lipinski definition) is 0. The van der Waals surface area contributed by atoms with Crippen LogP contribution in [0.5, 0.6) is 0 Å². The van der Waals surface area contributed by atoms with Crippen LogP contribution in [-0.4, -0.2) is 51.9 Å². The first-order valence-corrected chi connectivity index (χ1v) is 13.9. The molecule has 2 aliphatic rings. The Labute approximate surface area is 151 Å². The maximum Gasteiger partial charge on any atom is 0.410 e. The molecule has 2 fully saturated rings. The van der Waals surface area contributed by atoms with Crippen LogP contribution in [0.4, 0.5) is 4.79 Å². The van der Waals surface area contributed by atoms with Gasteiger partial charge in [-0.15, -0.1) is 0 Å². The van der Waals surface area contributed by atoms with E-state index < -0.39 is 29.3 Å². The number of hydrogen-bond acceptors (Lipinski definition) is 4. The Morgan fingerprint density at radius 3 is 2.20 bits per heavy atom. The van der Waals surface area contributed by atoms with Gasteiger partial charge in [-0.2, -0.15) is 0 Å². The summed E-state index contributed by atoms with van der Waals surface area (Å²) in [5, 5.41) is -0.528. The van der Waals surface area contributed by atoms with Gasteiger partial charge in [0.25, 0.3) is 0 Å². The van der Waals surface area contributed by atoms with Gasteiger partial charge in [0.15, 0.2) is 9.84 Å². The number of carbonyl (C=O) groups excluding carboxylic acids is 1. The number of rotatable bonds is 3. The number of fused-ring (bicyclic) bond motifs is 2. The van der Waals surface area contributed by atoms with E-state index in [4.69, 9.17) is 4.74 Å². The zero-order valence-electron chi connectivity index (χ0n) is 15.5. The Bertz CT molecular complexity index is 769. The van der Waals surface area contributed by atoms with Gasteiger partial charge >= 0.3 is 6.09 Å². The third kappa shape index (κ3) is 2.91. The fraction of sp³-hybridized carbons (Fsp3) is 0.611. The van der Waals surface area contributed by atoms with Crippen molar-refractivity contribution in [2.24, 2.45) is 0 Å². The lowest BCUT2D eigenvalue weighted by Gasteiger charge is -2.36. The van der Waals surface area contributed by atoms with Crippen LogP contribution >= 0.6 is 0 Å². The van der Waals surface area contributed by atoms with Crippen molar-refractivity contribution in [1.29, 1.82) is 0 Å². The molecule has 0 aliphatic carbocycles. The Morgan fingerprint density at radius 1 is 1.12 bits per heavy atom. The van der Waals surface area contributed by atoms with Crippen molar-refractivity contribution in [3.8, 4) is 0 Å². The molecule has 1 amide bonds. The normalized spacial score (nSPS) is 29.1. The minimum Gasteiger partial charge on any atom is -0.453 e. The summed E-state index contributed by atoms with van der Waals surface area (Å²) in [7, 11) is -3.96. The van der Waals surface area contributed by atoms with Crippen molar-refractivity contribution in [2.45, 2.75) is 67.2 Å². The molecule has 0 saturated carbocycles. The highest BCUT2D eigenvalue weighted by atomic mass is 32.2. The molecule has 0 spiro atoms. The molecule has 2 aliphatic heterocycles. The van der Waals surface area contributed by atoms with Crippen LogP contribution in [0.25, 0.3) is 0 Å². The van der Waals surface area contributed by atoms with Crippen LogP contribution in [0.15, 0.2) is 29.2 Å². The predicted molar refractivity (Wildman–Crippen MR) is 100 cm³/mol. The van der Waals surface area contributed by atoms with Gasteiger partial charge < -0.3 is 9.64 Å². The van der Waals surface area contributed by atoms with Crippen molar-refractivity contribution in [3.05, 3.63) is 29.8 Å². The number of nitrogens with zero attached hydrogens (tertiary/aromatic N) is 1. The molecule has 2 heterocycles. The lowest BCUT2D eigenvalue weighted by Crippen LogP contribution is -2.46. The van der Waals surface area contributed by atoms with Gasteiger partial charge in [0.05, 0.1) is 31.4 Å². The van der Waals surface area contributed by atoms with Crippen molar-refractivity contribution < 1.29 is 17.9 Å². The Hall–Kier alpha value is -1.34. The molecule has 0 unspecified atom stereocenters. The van der Waals surface area contributed by atoms with E-state index >= 15 is 0 Å². The molecule has 2 bridgehead atoms. The number of sulfone groups is 1. The van der Waals surface area contributed by atoms with E-state index in [1.165, 1.54) is 7.11 Å². The number of carbonyl (C=O) groups is 1. The van der Waals surface area contributed by atoms with E-state index in [0.717, 1.165) is 18.4 Å². The molecule has 0 radical (unpaired) electrons. The van der Waals surface area contributed by atoms with E-state index in [9.17, 15) is 13.2 Å². The summed E-state index contributed by atoms with van der Waals surface area (Å²) in [4.78, 5) is 14.4. The van der Waals surface area contributed by atoms with Crippen molar-refractivity contribution in [2.75, 3.05) is 7.11 Å². The molecule has 5 nitrogen and oxygen atoms in total. The van der Waals surface area contributed by atoms with E-state index in [2.05, 4.69) is 19.6 Å². The highest BCUT2D eigenvalue weighted by Crippen LogP contribution is 2.53.